The third-order valence-electron chi connectivity index (χ3n) is 1.88. The molecule has 0 saturated carbocycles. The number of hydrogen-bond donors (Lipinski definition) is 1. The molecule has 0 bridgehead atoms. The smallest absolute Gasteiger partial charge is 0.216 e. The fraction of sp³-hybridized carbons (Fsp3) is 0.250. The van der Waals surface area contributed by atoms with Crippen molar-refractivity contribution in [2.45, 2.75) is 6.92 Å². The first-order valence-corrected chi connectivity index (χ1v) is 5.20. The number of H-pyrrole nitrogens is 1. The zero-order chi connectivity index (χ0) is 9.42. The average molecular weight is 211 g/mol. The van der Waals surface area contributed by atoms with Gasteiger partial charge in [0.1, 0.15) is 0 Å². The Balaban J connectivity index is 2.59. The van der Waals surface area contributed by atoms with Gasteiger partial charge in [0.15, 0.2) is 5.82 Å². The summed E-state index contributed by atoms with van der Waals surface area (Å²) in [4.78, 5) is 4.24. The molecule has 0 fully saturated rings. The highest BCUT2D eigenvalue weighted by Gasteiger charge is 2.06. The predicted octanol–water partition coefficient (Wildman–Crippen LogP) is 2.51. The molecule has 0 atom stereocenters. The van der Waals surface area contributed by atoms with Crippen LogP contribution in [-0.2, 0) is 7.05 Å². The zero-order valence-corrected chi connectivity index (χ0v) is 9.00. The van der Waals surface area contributed by atoms with Gasteiger partial charge in [-0.1, -0.05) is 0 Å². The van der Waals surface area contributed by atoms with Crippen LogP contribution in [0.2, 0.25) is 0 Å². The first-order valence-electron chi connectivity index (χ1n) is 3.84. The molecule has 1 N–H and O–H groups in total. The van der Waals surface area contributed by atoms with Crippen molar-refractivity contribution in [2.24, 2.45) is 7.05 Å². The summed E-state index contributed by atoms with van der Waals surface area (Å²) in [6.45, 7) is 2.07. The number of aryl methyl sites for hydroxylation is 2. The summed E-state index contributed by atoms with van der Waals surface area (Å²) in [6, 6.07) is 0. The van der Waals surface area contributed by atoms with E-state index in [2.05, 4.69) is 27.8 Å². The van der Waals surface area contributed by atoms with E-state index < -0.39 is 0 Å². The van der Waals surface area contributed by atoms with Gasteiger partial charge in [0.25, 0.3) is 0 Å². The summed E-state index contributed by atoms with van der Waals surface area (Å²) in [5, 5.41) is 7.27. The summed E-state index contributed by atoms with van der Waals surface area (Å²) < 4.78 is 2.32. The molecular weight excluding hydrogens is 202 g/mol. The van der Waals surface area contributed by atoms with Crippen LogP contribution >= 0.6 is 23.6 Å². The maximum Gasteiger partial charge on any atom is 0.216 e. The molecule has 0 saturated heterocycles. The number of aromatic amines is 1. The third-order valence-corrected chi connectivity index (χ3v) is 3.11. The highest BCUT2D eigenvalue weighted by molar-refractivity contribution is 7.71. The Morgan fingerprint density at radius 3 is 2.77 bits per heavy atom. The van der Waals surface area contributed by atoms with Crippen LogP contribution in [0.25, 0.3) is 11.4 Å². The number of aromatic nitrogens is 3. The van der Waals surface area contributed by atoms with E-state index in [4.69, 9.17) is 12.2 Å². The summed E-state index contributed by atoms with van der Waals surface area (Å²) in [6.07, 6.45) is 0. The van der Waals surface area contributed by atoms with Crippen LogP contribution in [0.5, 0.6) is 0 Å². The Hall–Kier alpha value is -0.940. The second kappa shape index (κ2) is 3.08. The first kappa shape index (κ1) is 8.65. The first-order chi connectivity index (χ1) is 6.18. The summed E-state index contributed by atoms with van der Waals surface area (Å²) in [5.41, 5.74) is 2.37. The highest BCUT2D eigenvalue weighted by Crippen LogP contribution is 2.23. The molecule has 0 aliphatic heterocycles. The van der Waals surface area contributed by atoms with Crippen molar-refractivity contribution in [1.82, 2.24) is 14.8 Å². The minimum atomic E-state index is 0.584. The summed E-state index contributed by atoms with van der Waals surface area (Å²) in [5.74, 6) is 0.853. The molecule has 0 spiro atoms. The molecule has 5 heteroatoms. The average Bonchev–Trinajstić information content (AvgIpc) is 2.60. The Morgan fingerprint density at radius 2 is 2.31 bits per heavy atom. The van der Waals surface area contributed by atoms with Gasteiger partial charge in [-0.25, -0.2) is 0 Å². The molecule has 0 aliphatic carbocycles. The van der Waals surface area contributed by atoms with E-state index in [0.717, 1.165) is 11.4 Å². The van der Waals surface area contributed by atoms with Crippen LogP contribution in [0.4, 0.5) is 0 Å². The normalized spacial score (nSPS) is 10.6. The molecule has 68 valence electrons. The van der Waals surface area contributed by atoms with Crippen LogP contribution in [0.3, 0.4) is 0 Å². The maximum absolute atomic E-state index is 5.02. The molecule has 0 unspecified atom stereocenters. The molecule has 2 aromatic heterocycles. The van der Waals surface area contributed by atoms with E-state index in [1.54, 1.807) is 16.0 Å². The van der Waals surface area contributed by atoms with Crippen molar-refractivity contribution in [1.29, 1.82) is 0 Å². The van der Waals surface area contributed by atoms with E-state index in [9.17, 15) is 0 Å². The van der Waals surface area contributed by atoms with E-state index in [1.165, 1.54) is 5.56 Å². The molecule has 0 aromatic carbocycles. The van der Waals surface area contributed by atoms with Crippen molar-refractivity contribution < 1.29 is 0 Å². The van der Waals surface area contributed by atoms with Crippen molar-refractivity contribution >= 4 is 23.6 Å². The van der Waals surface area contributed by atoms with Gasteiger partial charge >= 0.3 is 0 Å². The number of hydrogen-bond acceptors (Lipinski definition) is 3. The van der Waals surface area contributed by atoms with Gasteiger partial charge in [-0.15, -0.1) is 0 Å². The van der Waals surface area contributed by atoms with E-state index in [0.29, 0.717) is 4.77 Å². The lowest BCUT2D eigenvalue weighted by Gasteiger charge is -1.92. The molecule has 2 rings (SSSR count). The lowest BCUT2D eigenvalue weighted by atomic mass is 10.2. The van der Waals surface area contributed by atoms with E-state index in [1.807, 2.05) is 7.05 Å². The lowest BCUT2D eigenvalue weighted by molar-refractivity contribution is 0.756. The van der Waals surface area contributed by atoms with Crippen LogP contribution in [0.15, 0.2) is 10.8 Å². The van der Waals surface area contributed by atoms with Gasteiger partial charge in [0.05, 0.1) is 0 Å². The van der Waals surface area contributed by atoms with Gasteiger partial charge < -0.3 is 0 Å². The molecular formula is C8H9N3S2. The second-order valence-electron chi connectivity index (χ2n) is 2.88. The summed E-state index contributed by atoms with van der Waals surface area (Å²) >= 11 is 6.69. The van der Waals surface area contributed by atoms with Crippen molar-refractivity contribution in [2.75, 3.05) is 0 Å². The summed E-state index contributed by atoms with van der Waals surface area (Å²) in [7, 11) is 1.86. The van der Waals surface area contributed by atoms with Crippen molar-refractivity contribution in [3.05, 3.63) is 21.1 Å². The Morgan fingerprint density at radius 1 is 1.54 bits per heavy atom. The van der Waals surface area contributed by atoms with Gasteiger partial charge in [-0.05, 0) is 30.1 Å². The third kappa shape index (κ3) is 1.45. The number of thiophene rings is 1. The van der Waals surface area contributed by atoms with Gasteiger partial charge in [0, 0.05) is 18.0 Å². The van der Waals surface area contributed by atoms with Gasteiger partial charge in [-0.2, -0.15) is 16.3 Å². The number of nitrogens with one attached hydrogen (secondary N) is 1. The fourth-order valence-corrected chi connectivity index (χ4v) is 2.10. The molecule has 2 aromatic rings. The minimum Gasteiger partial charge on any atom is -0.279 e. The quantitative estimate of drug-likeness (QED) is 0.735. The number of rotatable bonds is 1. The maximum atomic E-state index is 5.02. The van der Waals surface area contributed by atoms with E-state index >= 15 is 0 Å². The predicted molar refractivity (Wildman–Crippen MR) is 56.4 cm³/mol. The SMILES string of the molecule is Cc1cscc1-c1nc(=S)n(C)[nH]1. The monoisotopic (exact) mass is 211 g/mol. The largest absolute Gasteiger partial charge is 0.279 e. The zero-order valence-electron chi connectivity index (χ0n) is 7.37. The van der Waals surface area contributed by atoms with Crippen LogP contribution < -0.4 is 0 Å². The van der Waals surface area contributed by atoms with Gasteiger partial charge in [0.2, 0.25) is 4.77 Å². The fourth-order valence-electron chi connectivity index (χ4n) is 1.13. The molecule has 13 heavy (non-hydrogen) atoms. The van der Waals surface area contributed by atoms with Crippen LogP contribution in [0, 0.1) is 11.7 Å². The molecule has 0 radical (unpaired) electrons. The molecule has 0 aliphatic rings. The highest BCUT2D eigenvalue weighted by atomic mass is 32.1. The van der Waals surface area contributed by atoms with Crippen LogP contribution in [0.1, 0.15) is 5.56 Å². The Labute approximate surface area is 85.0 Å². The molecule has 2 heterocycles. The van der Waals surface area contributed by atoms with Crippen LogP contribution in [-0.4, -0.2) is 14.8 Å². The van der Waals surface area contributed by atoms with Gasteiger partial charge in [-0.3, -0.25) is 9.78 Å². The molecule has 0 amide bonds. The second-order valence-corrected chi connectivity index (χ2v) is 3.99. The topological polar surface area (TPSA) is 33.6 Å². The minimum absolute atomic E-state index is 0.584. The molecule has 3 nitrogen and oxygen atoms in total. The Kier molecular flexibility index (Phi) is 2.05. The van der Waals surface area contributed by atoms with Crippen molar-refractivity contribution in [3.63, 3.8) is 0 Å². The number of nitrogens with zero attached hydrogens (tertiary/aromatic N) is 2. The van der Waals surface area contributed by atoms with E-state index in [-0.39, 0.29) is 0 Å². The Bertz CT molecular complexity index is 478. The van der Waals surface area contributed by atoms with Crippen molar-refractivity contribution in [3.8, 4) is 11.4 Å². The lowest BCUT2D eigenvalue weighted by Crippen LogP contribution is -1.89. The standard InChI is InChI=1S/C8H9N3S2/c1-5-3-13-4-6(5)7-9-8(12)11(2)10-7/h3-4H,1-2H3,(H,9,10,12).